The third-order valence-electron chi connectivity index (χ3n) is 4.07. The summed E-state index contributed by atoms with van der Waals surface area (Å²) in [7, 11) is 0. The van der Waals surface area contributed by atoms with Gasteiger partial charge in [0, 0.05) is 46.6 Å². The van der Waals surface area contributed by atoms with Gasteiger partial charge in [-0.15, -0.1) is 0 Å². The number of hydrogen-bond donors (Lipinski definition) is 0. The fourth-order valence-corrected chi connectivity index (χ4v) is 3.13. The Labute approximate surface area is 182 Å². The lowest BCUT2D eigenvalue weighted by atomic mass is 10.2. The molecule has 0 unspecified atom stereocenters. The predicted octanol–water partition coefficient (Wildman–Crippen LogP) is 4.33. The second-order valence-electron chi connectivity index (χ2n) is 6.10. The summed E-state index contributed by atoms with van der Waals surface area (Å²) in [5, 5.41) is -0.225. The van der Waals surface area contributed by atoms with Gasteiger partial charge < -0.3 is 4.74 Å². The summed E-state index contributed by atoms with van der Waals surface area (Å²) in [5.74, 6) is -1.64. The summed E-state index contributed by atoms with van der Waals surface area (Å²) in [6.07, 6.45) is 2.36. The van der Waals surface area contributed by atoms with Crippen molar-refractivity contribution < 1.29 is 18.3 Å². The van der Waals surface area contributed by atoms with Crippen LogP contribution in [0.25, 0.3) is 5.69 Å². The fraction of sp³-hybridized carbons (Fsp3) is 0.158. The Hall–Kier alpha value is -2.40. The van der Waals surface area contributed by atoms with Crippen molar-refractivity contribution in [3.05, 3.63) is 80.2 Å². The van der Waals surface area contributed by atoms with Crippen LogP contribution in [0.4, 0.5) is 8.78 Å². The van der Waals surface area contributed by atoms with Gasteiger partial charge in [-0.25, -0.2) is 8.78 Å². The van der Waals surface area contributed by atoms with Gasteiger partial charge >= 0.3 is 0 Å². The minimum absolute atomic E-state index is 0.0350. The quantitative estimate of drug-likeness (QED) is 0.362. The Kier molecular flexibility index (Phi) is 6.27. The molecule has 0 aliphatic heterocycles. The van der Waals surface area contributed by atoms with Gasteiger partial charge in [0.1, 0.15) is 34.6 Å². The number of halogens is 4. The van der Waals surface area contributed by atoms with Crippen molar-refractivity contribution in [3.8, 4) is 11.4 Å². The van der Waals surface area contributed by atoms with Crippen molar-refractivity contribution in [2.75, 3.05) is 0 Å². The third kappa shape index (κ3) is 4.45. The molecule has 3 heterocycles. The summed E-state index contributed by atoms with van der Waals surface area (Å²) < 4.78 is 33.2. The van der Waals surface area contributed by atoms with Gasteiger partial charge in [0.25, 0.3) is 5.56 Å². The lowest BCUT2D eigenvalue weighted by molar-refractivity contribution is 0.110. The summed E-state index contributed by atoms with van der Waals surface area (Å²) in [5.41, 5.74) is 1.10. The smallest absolute Gasteiger partial charge is 0.277 e. The average molecular weight is 532 g/mol. The van der Waals surface area contributed by atoms with Crippen molar-refractivity contribution >= 4 is 38.0 Å². The van der Waals surface area contributed by atoms with E-state index in [2.05, 4.69) is 9.97 Å². The lowest BCUT2D eigenvalue weighted by Crippen LogP contribution is -2.23. The number of aromatic nitrogens is 3. The van der Waals surface area contributed by atoms with E-state index in [9.17, 15) is 18.4 Å². The maximum Gasteiger partial charge on any atom is 0.277 e. The number of aryl methyl sites for hydroxylation is 2. The molecule has 150 valence electrons. The molecule has 0 spiro atoms. The second kappa shape index (κ2) is 8.54. The van der Waals surface area contributed by atoms with Crippen molar-refractivity contribution in [1.29, 1.82) is 0 Å². The fourth-order valence-electron chi connectivity index (χ4n) is 2.64. The zero-order chi connectivity index (χ0) is 21.3. The largest absolute Gasteiger partial charge is 0.485 e. The number of carbonyl (C=O) groups excluding carboxylic acids is 1. The maximum absolute atomic E-state index is 13.7. The van der Waals surface area contributed by atoms with Crippen LogP contribution in [-0.4, -0.2) is 18.3 Å². The predicted molar refractivity (Wildman–Crippen MR) is 111 cm³/mol. The molecule has 0 aromatic carbocycles. The van der Waals surface area contributed by atoms with E-state index >= 15 is 0 Å². The minimum atomic E-state index is -0.866. The van der Waals surface area contributed by atoms with Gasteiger partial charge in [0.2, 0.25) is 3.79 Å². The summed E-state index contributed by atoms with van der Waals surface area (Å²) in [4.78, 5) is 32.2. The highest BCUT2D eigenvalue weighted by atomic mass is 127. The molecule has 6 nitrogen and oxygen atoms in total. The molecular weight excluding hydrogens is 519 g/mol. The topological polar surface area (TPSA) is 74.1 Å². The van der Waals surface area contributed by atoms with Crippen molar-refractivity contribution in [1.82, 2.24) is 14.5 Å². The standard InChI is InChI=1S/C19H13ClF2IN3O3/c1-9-6-24-13(18(23)27)5-15(9)26-10(2)3-16(17(20)19(26)28)29-8-14-12(22)4-11(21)7-25-14/h3-7H,8H2,1-2H3. The van der Waals surface area contributed by atoms with Crippen LogP contribution in [0.5, 0.6) is 5.75 Å². The Morgan fingerprint density at radius 1 is 1.21 bits per heavy atom. The maximum atomic E-state index is 13.7. The average Bonchev–Trinajstić information content (AvgIpc) is 2.66. The van der Waals surface area contributed by atoms with Gasteiger partial charge in [-0.2, -0.15) is 0 Å². The van der Waals surface area contributed by atoms with Crippen LogP contribution in [0.15, 0.2) is 35.4 Å². The lowest BCUT2D eigenvalue weighted by Gasteiger charge is -2.16. The summed E-state index contributed by atoms with van der Waals surface area (Å²) >= 11 is 7.80. The van der Waals surface area contributed by atoms with Crippen LogP contribution in [0, 0.1) is 25.5 Å². The number of rotatable bonds is 5. The van der Waals surface area contributed by atoms with E-state index in [0.717, 1.165) is 6.20 Å². The number of nitrogens with zero attached hydrogens (tertiary/aromatic N) is 3. The Balaban J connectivity index is 2.00. The number of carbonyl (C=O) groups is 1. The Morgan fingerprint density at radius 2 is 1.93 bits per heavy atom. The number of hydrogen-bond acceptors (Lipinski definition) is 5. The molecule has 0 saturated carbocycles. The minimum Gasteiger partial charge on any atom is -0.485 e. The molecule has 3 aromatic heterocycles. The van der Waals surface area contributed by atoms with Gasteiger partial charge in [-0.3, -0.25) is 24.1 Å². The van der Waals surface area contributed by atoms with Crippen molar-refractivity contribution in [3.63, 3.8) is 0 Å². The molecule has 0 bridgehead atoms. The molecular formula is C19H13ClF2IN3O3. The van der Waals surface area contributed by atoms with Crippen LogP contribution in [0.3, 0.4) is 0 Å². The molecule has 29 heavy (non-hydrogen) atoms. The monoisotopic (exact) mass is 531 g/mol. The highest BCUT2D eigenvalue weighted by Gasteiger charge is 2.17. The summed E-state index contributed by atoms with van der Waals surface area (Å²) in [6, 6.07) is 3.71. The van der Waals surface area contributed by atoms with Crippen LogP contribution in [0.2, 0.25) is 5.02 Å². The molecule has 0 saturated heterocycles. The zero-order valence-corrected chi connectivity index (χ0v) is 18.1. The second-order valence-corrected chi connectivity index (χ2v) is 7.46. The van der Waals surface area contributed by atoms with Crippen LogP contribution < -0.4 is 10.3 Å². The van der Waals surface area contributed by atoms with E-state index in [1.54, 1.807) is 36.4 Å². The van der Waals surface area contributed by atoms with Crippen LogP contribution in [0.1, 0.15) is 27.4 Å². The van der Waals surface area contributed by atoms with Crippen LogP contribution in [-0.2, 0) is 6.61 Å². The molecule has 0 amide bonds. The highest BCUT2D eigenvalue weighted by Crippen LogP contribution is 2.26. The van der Waals surface area contributed by atoms with Gasteiger partial charge in [0.15, 0.2) is 5.82 Å². The first-order chi connectivity index (χ1) is 13.7. The van der Waals surface area contributed by atoms with E-state index in [4.69, 9.17) is 16.3 Å². The van der Waals surface area contributed by atoms with Crippen molar-refractivity contribution in [2.24, 2.45) is 0 Å². The zero-order valence-electron chi connectivity index (χ0n) is 15.2. The first-order valence-electron chi connectivity index (χ1n) is 8.20. The molecule has 3 aromatic rings. The van der Waals surface area contributed by atoms with Gasteiger partial charge in [-0.05, 0) is 25.5 Å². The molecule has 0 fully saturated rings. The van der Waals surface area contributed by atoms with Crippen LogP contribution >= 0.6 is 34.2 Å². The normalized spacial score (nSPS) is 10.8. The summed E-state index contributed by atoms with van der Waals surface area (Å²) in [6.45, 7) is 3.07. The first kappa shape index (κ1) is 21.3. The highest BCUT2D eigenvalue weighted by molar-refractivity contribution is 14.1. The van der Waals surface area contributed by atoms with E-state index in [1.807, 2.05) is 0 Å². The molecule has 0 aliphatic carbocycles. The van der Waals surface area contributed by atoms with E-state index in [0.29, 0.717) is 23.0 Å². The third-order valence-corrected chi connectivity index (χ3v) is 4.97. The first-order valence-corrected chi connectivity index (χ1v) is 9.66. The molecule has 3 rings (SSSR count). The molecule has 0 atom stereocenters. The Morgan fingerprint density at radius 3 is 2.59 bits per heavy atom. The molecule has 10 heteroatoms. The molecule has 0 aliphatic rings. The number of pyridine rings is 3. The SMILES string of the molecule is Cc1cnc(C(=O)I)cc1-n1c(C)cc(OCc2ncc(F)cc2F)c(Cl)c1=O. The van der Waals surface area contributed by atoms with E-state index in [1.165, 1.54) is 22.9 Å². The van der Waals surface area contributed by atoms with E-state index in [-0.39, 0.29) is 32.6 Å². The molecule has 0 radical (unpaired) electrons. The molecule has 0 N–H and O–H groups in total. The van der Waals surface area contributed by atoms with E-state index < -0.39 is 17.2 Å². The Bertz CT molecular complexity index is 1180. The van der Waals surface area contributed by atoms with Gasteiger partial charge in [0.05, 0.1) is 11.9 Å². The van der Waals surface area contributed by atoms with Crippen molar-refractivity contribution in [2.45, 2.75) is 20.5 Å². The number of ether oxygens (including phenoxy) is 1. The van der Waals surface area contributed by atoms with Gasteiger partial charge in [-0.1, -0.05) is 11.6 Å².